The number of carbonyl (C=O) groups is 2. The third kappa shape index (κ3) is 3.89. The first-order valence-corrected chi connectivity index (χ1v) is 10.4. The van der Waals surface area contributed by atoms with Crippen LogP contribution in [0, 0.1) is 0 Å². The van der Waals surface area contributed by atoms with Gasteiger partial charge in [-0.1, -0.05) is 60.3 Å². The summed E-state index contributed by atoms with van der Waals surface area (Å²) in [7, 11) is 0. The molecule has 2 fully saturated rings. The maximum absolute atomic E-state index is 13.5. The standard InChI is InChI=1S/C22H22Cl2N2O2/c23-17-9-5-15(6-10-17)13-26-20(27)14-25(19-3-1-2-4-19)22(28)21(26)16-7-11-18(24)12-8-16/h5-12,19,21H,1-4,13-14H2. The van der Waals surface area contributed by atoms with Gasteiger partial charge in [-0.15, -0.1) is 0 Å². The quantitative estimate of drug-likeness (QED) is 0.714. The minimum atomic E-state index is -0.630. The Balaban J connectivity index is 1.68. The molecule has 146 valence electrons. The van der Waals surface area contributed by atoms with Crippen LogP contribution in [0.4, 0.5) is 0 Å². The lowest BCUT2D eigenvalue weighted by Gasteiger charge is -2.43. The van der Waals surface area contributed by atoms with Gasteiger partial charge in [-0.2, -0.15) is 0 Å². The molecule has 0 aromatic heterocycles. The smallest absolute Gasteiger partial charge is 0.250 e. The number of benzene rings is 2. The molecule has 0 bridgehead atoms. The summed E-state index contributed by atoms with van der Waals surface area (Å²) in [6.45, 7) is 0.523. The van der Waals surface area contributed by atoms with E-state index in [1.165, 1.54) is 0 Å². The van der Waals surface area contributed by atoms with Gasteiger partial charge >= 0.3 is 0 Å². The van der Waals surface area contributed by atoms with Crippen molar-refractivity contribution in [2.24, 2.45) is 0 Å². The van der Waals surface area contributed by atoms with Gasteiger partial charge in [0.1, 0.15) is 12.6 Å². The highest BCUT2D eigenvalue weighted by molar-refractivity contribution is 6.30. The Morgan fingerprint density at radius 2 is 1.43 bits per heavy atom. The molecular formula is C22H22Cl2N2O2. The van der Waals surface area contributed by atoms with Crippen LogP contribution < -0.4 is 0 Å². The number of hydrogen-bond donors (Lipinski definition) is 0. The largest absolute Gasteiger partial charge is 0.328 e. The Morgan fingerprint density at radius 3 is 2.04 bits per heavy atom. The van der Waals surface area contributed by atoms with Crippen LogP contribution in [0.2, 0.25) is 10.0 Å². The Hall–Kier alpha value is -2.04. The number of hydrogen-bond acceptors (Lipinski definition) is 2. The van der Waals surface area contributed by atoms with E-state index in [4.69, 9.17) is 23.2 Å². The van der Waals surface area contributed by atoms with Crippen molar-refractivity contribution in [1.82, 2.24) is 9.80 Å². The Morgan fingerprint density at radius 1 is 0.857 bits per heavy atom. The highest BCUT2D eigenvalue weighted by Crippen LogP contribution is 2.34. The summed E-state index contributed by atoms with van der Waals surface area (Å²) in [4.78, 5) is 30.1. The fourth-order valence-electron chi connectivity index (χ4n) is 4.21. The van der Waals surface area contributed by atoms with Gasteiger partial charge < -0.3 is 9.80 Å². The maximum atomic E-state index is 13.5. The van der Waals surface area contributed by atoms with Gasteiger partial charge in [0, 0.05) is 22.6 Å². The molecule has 1 unspecified atom stereocenters. The summed E-state index contributed by atoms with van der Waals surface area (Å²) < 4.78 is 0. The van der Waals surface area contributed by atoms with Crippen LogP contribution in [0.3, 0.4) is 0 Å². The average Bonchev–Trinajstić information content (AvgIpc) is 3.22. The van der Waals surface area contributed by atoms with Crippen molar-refractivity contribution in [3.8, 4) is 0 Å². The Bertz CT molecular complexity index is 861. The highest BCUT2D eigenvalue weighted by Gasteiger charge is 2.43. The summed E-state index contributed by atoms with van der Waals surface area (Å²) in [6, 6.07) is 14.1. The average molecular weight is 417 g/mol. The third-order valence-electron chi connectivity index (χ3n) is 5.67. The zero-order valence-electron chi connectivity index (χ0n) is 15.5. The van der Waals surface area contributed by atoms with E-state index in [9.17, 15) is 9.59 Å². The topological polar surface area (TPSA) is 40.6 Å². The number of halogens is 2. The molecule has 1 saturated carbocycles. The van der Waals surface area contributed by atoms with Crippen LogP contribution in [0.25, 0.3) is 0 Å². The van der Waals surface area contributed by atoms with Crippen LogP contribution in [-0.2, 0) is 16.1 Å². The monoisotopic (exact) mass is 416 g/mol. The van der Waals surface area contributed by atoms with E-state index in [2.05, 4.69) is 0 Å². The number of rotatable bonds is 4. The lowest BCUT2D eigenvalue weighted by Crippen LogP contribution is -2.57. The van der Waals surface area contributed by atoms with Crippen molar-refractivity contribution in [3.05, 3.63) is 69.7 Å². The fraction of sp³-hybridized carbons (Fsp3) is 0.364. The first kappa shape index (κ1) is 19.3. The predicted octanol–water partition coefficient (Wildman–Crippen LogP) is 4.85. The molecule has 0 N–H and O–H groups in total. The summed E-state index contributed by atoms with van der Waals surface area (Å²) in [5, 5.41) is 1.25. The minimum absolute atomic E-state index is 0.00258. The van der Waals surface area contributed by atoms with E-state index in [0.717, 1.165) is 36.8 Å². The van der Waals surface area contributed by atoms with Gasteiger partial charge in [-0.05, 0) is 48.2 Å². The second-order valence-electron chi connectivity index (χ2n) is 7.51. The van der Waals surface area contributed by atoms with Crippen LogP contribution in [0.1, 0.15) is 42.9 Å². The molecule has 4 nitrogen and oxygen atoms in total. The second kappa shape index (κ2) is 8.14. The molecule has 2 aliphatic rings. The normalized spacial score (nSPS) is 20.9. The molecule has 0 spiro atoms. The van der Waals surface area contributed by atoms with E-state index in [-0.39, 0.29) is 24.4 Å². The molecule has 0 radical (unpaired) electrons. The van der Waals surface area contributed by atoms with E-state index < -0.39 is 6.04 Å². The van der Waals surface area contributed by atoms with Gasteiger partial charge in [0.2, 0.25) is 5.91 Å². The minimum Gasteiger partial charge on any atom is -0.328 e. The third-order valence-corrected chi connectivity index (χ3v) is 6.18. The Labute approximate surface area is 175 Å². The number of nitrogens with zero attached hydrogens (tertiary/aromatic N) is 2. The van der Waals surface area contributed by atoms with Crippen molar-refractivity contribution >= 4 is 35.0 Å². The summed E-state index contributed by atoms with van der Waals surface area (Å²) in [5.74, 6) is -0.0239. The molecule has 28 heavy (non-hydrogen) atoms. The first-order chi connectivity index (χ1) is 13.5. The maximum Gasteiger partial charge on any atom is 0.250 e. The van der Waals surface area contributed by atoms with E-state index in [0.29, 0.717) is 16.6 Å². The molecule has 2 aromatic carbocycles. The number of amides is 2. The van der Waals surface area contributed by atoms with Crippen LogP contribution in [-0.4, -0.2) is 34.2 Å². The molecule has 1 aliphatic heterocycles. The van der Waals surface area contributed by atoms with Gasteiger partial charge in [0.05, 0.1) is 0 Å². The fourth-order valence-corrected chi connectivity index (χ4v) is 4.46. The Kier molecular flexibility index (Phi) is 5.61. The molecule has 6 heteroatoms. The zero-order chi connectivity index (χ0) is 19.7. The van der Waals surface area contributed by atoms with Gasteiger partial charge in [-0.3, -0.25) is 9.59 Å². The predicted molar refractivity (Wildman–Crippen MR) is 110 cm³/mol. The van der Waals surface area contributed by atoms with Crippen LogP contribution in [0.15, 0.2) is 48.5 Å². The summed E-state index contributed by atoms with van der Waals surface area (Å²) in [6.07, 6.45) is 4.18. The molecule has 1 atom stereocenters. The van der Waals surface area contributed by atoms with Crippen molar-refractivity contribution in [3.63, 3.8) is 0 Å². The molecule has 1 aliphatic carbocycles. The van der Waals surface area contributed by atoms with Crippen molar-refractivity contribution in [2.75, 3.05) is 6.54 Å². The number of carbonyl (C=O) groups excluding carboxylic acids is 2. The van der Waals surface area contributed by atoms with E-state index >= 15 is 0 Å². The van der Waals surface area contributed by atoms with Gasteiger partial charge in [0.15, 0.2) is 0 Å². The lowest BCUT2D eigenvalue weighted by atomic mass is 9.98. The molecule has 2 aromatic rings. The van der Waals surface area contributed by atoms with Gasteiger partial charge in [-0.25, -0.2) is 0 Å². The second-order valence-corrected chi connectivity index (χ2v) is 8.38. The lowest BCUT2D eigenvalue weighted by molar-refractivity contribution is -0.159. The summed E-state index contributed by atoms with van der Waals surface area (Å²) >= 11 is 12.0. The van der Waals surface area contributed by atoms with E-state index in [1.807, 2.05) is 24.3 Å². The van der Waals surface area contributed by atoms with E-state index in [1.54, 1.807) is 34.1 Å². The first-order valence-electron chi connectivity index (χ1n) is 9.63. The van der Waals surface area contributed by atoms with Crippen molar-refractivity contribution < 1.29 is 9.59 Å². The molecule has 4 rings (SSSR count). The van der Waals surface area contributed by atoms with Crippen LogP contribution >= 0.6 is 23.2 Å². The molecular weight excluding hydrogens is 395 g/mol. The van der Waals surface area contributed by atoms with Crippen molar-refractivity contribution in [1.29, 1.82) is 0 Å². The zero-order valence-corrected chi connectivity index (χ0v) is 17.0. The van der Waals surface area contributed by atoms with Crippen molar-refractivity contribution in [2.45, 2.75) is 44.3 Å². The molecule has 2 amide bonds. The highest BCUT2D eigenvalue weighted by atomic mass is 35.5. The van der Waals surface area contributed by atoms with Gasteiger partial charge in [0.25, 0.3) is 5.91 Å². The molecule has 1 heterocycles. The summed E-state index contributed by atoms with van der Waals surface area (Å²) in [5.41, 5.74) is 1.73. The SMILES string of the molecule is O=C1C(c2ccc(Cl)cc2)N(Cc2ccc(Cl)cc2)C(=O)CN1C1CCCC1. The van der Waals surface area contributed by atoms with Crippen LogP contribution in [0.5, 0.6) is 0 Å². The molecule has 1 saturated heterocycles. The number of piperazine rings is 1.